The molecule has 156 valence electrons. The van der Waals surface area contributed by atoms with Crippen molar-refractivity contribution in [2.75, 3.05) is 12.3 Å². The molecule has 4 heterocycles. The zero-order valence-electron chi connectivity index (χ0n) is 14.7. The van der Waals surface area contributed by atoms with Gasteiger partial charge in [0.05, 0.1) is 25.8 Å². The minimum absolute atomic E-state index is 0.124. The van der Waals surface area contributed by atoms with Gasteiger partial charge in [-0.05, 0) is 0 Å². The van der Waals surface area contributed by atoms with Crippen molar-refractivity contribution in [2.24, 2.45) is 0 Å². The molecule has 2 aromatic rings. The number of esters is 1. The van der Waals surface area contributed by atoms with E-state index in [1.54, 1.807) is 0 Å². The number of imidazole rings is 1. The van der Waals surface area contributed by atoms with Crippen LogP contribution in [0.15, 0.2) is 12.7 Å². The van der Waals surface area contributed by atoms with Gasteiger partial charge in [0.1, 0.15) is 24.1 Å². The van der Waals surface area contributed by atoms with E-state index in [0.717, 1.165) is 0 Å². The van der Waals surface area contributed by atoms with Gasteiger partial charge < -0.3 is 25.2 Å². The summed E-state index contributed by atoms with van der Waals surface area (Å²) in [7, 11) is -4.36. The molecule has 15 heteroatoms. The predicted octanol–water partition coefficient (Wildman–Crippen LogP) is -0.402. The number of anilines is 1. The van der Waals surface area contributed by atoms with Crippen LogP contribution in [-0.4, -0.2) is 66.4 Å². The minimum Gasteiger partial charge on any atom is -0.481 e. The zero-order chi connectivity index (χ0) is 20.8. The summed E-state index contributed by atoms with van der Waals surface area (Å²) in [5.41, 5.74) is 6.34. The number of nitrogens with two attached hydrogens (primary N) is 1. The Morgan fingerprint density at radius 1 is 1.34 bits per heavy atom. The molecule has 2 fully saturated rings. The first-order valence-corrected chi connectivity index (χ1v) is 9.90. The maximum Gasteiger partial charge on any atom is 0.472 e. The highest BCUT2D eigenvalue weighted by molar-refractivity contribution is 7.47. The van der Waals surface area contributed by atoms with Gasteiger partial charge in [-0.15, -0.1) is 0 Å². The van der Waals surface area contributed by atoms with Crippen LogP contribution < -0.4 is 5.73 Å². The number of ether oxygens (including phenoxy) is 2. The van der Waals surface area contributed by atoms with Gasteiger partial charge in [-0.2, -0.15) is 0 Å². The van der Waals surface area contributed by atoms with Crippen molar-refractivity contribution in [1.29, 1.82) is 0 Å². The molecule has 0 radical (unpaired) electrons. The largest absolute Gasteiger partial charge is 0.481 e. The van der Waals surface area contributed by atoms with Crippen molar-refractivity contribution in [3.63, 3.8) is 0 Å². The Kier molecular flexibility index (Phi) is 4.96. The van der Waals surface area contributed by atoms with E-state index in [9.17, 15) is 19.0 Å². The standard InChI is InChI=1S/C14H16N5O9P/c15-12-9-13(17-4-16-12)19(5-18-9)14-11(27-8(22)2-1-7(20)21)10-6(26-14)3-25-29(23,24)28-10/h4-6,10-11,14H,1-3H2,(H,20,21)(H,23,24)(H2,15,16,17). The summed E-state index contributed by atoms with van der Waals surface area (Å²) in [6.45, 7) is -0.276. The number of hydrogen-bond donors (Lipinski definition) is 3. The Morgan fingerprint density at radius 3 is 2.90 bits per heavy atom. The number of carboxylic acids is 1. The van der Waals surface area contributed by atoms with Crippen LogP contribution in [-0.2, 0) is 32.7 Å². The van der Waals surface area contributed by atoms with Crippen LogP contribution in [0.5, 0.6) is 0 Å². The summed E-state index contributed by atoms with van der Waals surface area (Å²) >= 11 is 0. The van der Waals surface area contributed by atoms with Crippen LogP contribution in [0.25, 0.3) is 11.2 Å². The SMILES string of the molecule is Nc1ncnc2c1ncn2C1OC2COP(=O)(O)OC2C1OC(=O)CCC(=O)O. The molecule has 2 aromatic heterocycles. The highest BCUT2D eigenvalue weighted by Crippen LogP contribution is 2.53. The molecule has 0 aliphatic carbocycles. The molecule has 5 atom stereocenters. The normalized spacial score (nSPS) is 31.5. The highest BCUT2D eigenvalue weighted by atomic mass is 31.2. The van der Waals surface area contributed by atoms with E-state index in [2.05, 4.69) is 15.0 Å². The molecule has 4 N–H and O–H groups in total. The predicted molar refractivity (Wildman–Crippen MR) is 91.0 cm³/mol. The van der Waals surface area contributed by atoms with Gasteiger partial charge in [-0.3, -0.25) is 23.2 Å². The first kappa shape index (κ1) is 19.7. The van der Waals surface area contributed by atoms with Crippen molar-refractivity contribution in [3.05, 3.63) is 12.7 Å². The van der Waals surface area contributed by atoms with Gasteiger partial charge >= 0.3 is 19.8 Å². The van der Waals surface area contributed by atoms with Crippen molar-refractivity contribution in [1.82, 2.24) is 19.5 Å². The van der Waals surface area contributed by atoms with Crippen LogP contribution >= 0.6 is 7.82 Å². The molecule has 0 aromatic carbocycles. The number of nitrogens with zero attached hydrogens (tertiary/aromatic N) is 4. The molecule has 2 aliphatic heterocycles. The third-order valence-electron chi connectivity index (χ3n) is 4.41. The van der Waals surface area contributed by atoms with Crippen molar-refractivity contribution in [2.45, 2.75) is 37.4 Å². The molecule has 0 saturated carbocycles. The minimum atomic E-state index is -4.36. The van der Waals surface area contributed by atoms with Crippen molar-refractivity contribution in [3.8, 4) is 0 Å². The quantitative estimate of drug-likeness (QED) is 0.410. The molecule has 5 unspecified atom stereocenters. The van der Waals surface area contributed by atoms with Crippen LogP contribution in [0.1, 0.15) is 19.1 Å². The van der Waals surface area contributed by atoms with Crippen LogP contribution in [0.3, 0.4) is 0 Å². The number of rotatable bonds is 5. The Hall–Kier alpha value is -2.64. The summed E-state index contributed by atoms with van der Waals surface area (Å²) in [6, 6.07) is 0. The number of phosphoric acid groups is 1. The van der Waals surface area contributed by atoms with E-state index >= 15 is 0 Å². The zero-order valence-corrected chi connectivity index (χ0v) is 15.5. The molecular formula is C14H16N5O9P. The van der Waals surface area contributed by atoms with E-state index < -0.39 is 57.1 Å². The number of phosphoric ester groups is 1. The van der Waals surface area contributed by atoms with E-state index in [-0.39, 0.29) is 23.6 Å². The molecule has 0 bridgehead atoms. The Balaban J connectivity index is 1.67. The van der Waals surface area contributed by atoms with Crippen LogP contribution in [0, 0.1) is 0 Å². The maximum atomic E-state index is 12.1. The molecule has 0 spiro atoms. The highest BCUT2D eigenvalue weighted by Gasteiger charge is 2.55. The number of fused-ring (bicyclic) bond motifs is 2. The van der Waals surface area contributed by atoms with E-state index in [4.69, 9.17) is 29.4 Å². The fourth-order valence-corrected chi connectivity index (χ4v) is 4.11. The molecule has 4 rings (SSSR count). The van der Waals surface area contributed by atoms with E-state index in [1.807, 2.05) is 0 Å². The Morgan fingerprint density at radius 2 is 2.14 bits per heavy atom. The molecule has 2 aliphatic rings. The topological polar surface area (TPSA) is 198 Å². The van der Waals surface area contributed by atoms with Gasteiger partial charge in [0.15, 0.2) is 23.8 Å². The second-order valence-corrected chi connectivity index (χ2v) is 7.74. The molecule has 0 amide bonds. The molecule has 29 heavy (non-hydrogen) atoms. The van der Waals surface area contributed by atoms with Crippen LogP contribution in [0.2, 0.25) is 0 Å². The number of carboxylic acid groups (broad SMARTS) is 1. The summed E-state index contributed by atoms with van der Waals surface area (Å²) in [5.74, 6) is -1.89. The number of carbonyl (C=O) groups is 2. The van der Waals surface area contributed by atoms with E-state index in [0.29, 0.717) is 0 Å². The lowest BCUT2D eigenvalue weighted by atomic mass is 10.1. The van der Waals surface area contributed by atoms with Gasteiger partial charge in [0.25, 0.3) is 0 Å². The summed E-state index contributed by atoms with van der Waals surface area (Å²) in [5, 5.41) is 8.74. The average Bonchev–Trinajstić information content (AvgIpc) is 3.22. The monoisotopic (exact) mass is 429 g/mol. The number of hydrogen-bond acceptors (Lipinski definition) is 11. The van der Waals surface area contributed by atoms with E-state index in [1.165, 1.54) is 17.2 Å². The third-order valence-corrected chi connectivity index (χ3v) is 5.40. The lowest BCUT2D eigenvalue weighted by Gasteiger charge is -2.29. The smallest absolute Gasteiger partial charge is 0.472 e. The van der Waals surface area contributed by atoms with Gasteiger partial charge in [-0.25, -0.2) is 19.5 Å². The van der Waals surface area contributed by atoms with Crippen molar-refractivity contribution >= 4 is 36.7 Å². The number of carbonyl (C=O) groups excluding carboxylic acids is 1. The summed E-state index contributed by atoms with van der Waals surface area (Å²) < 4.78 is 34.3. The second-order valence-electron chi connectivity index (χ2n) is 6.33. The Bertz CT molecular complexity index is 1010. The van der Waals surface area contributed by atoms with Crippen LogP contribution in [0.4, 0.5) is 5.82 Å². The lowest BCUT2D eigenvalue weighted by Crippen LogP contribution is -2.41. The second kappa shape index (κ2) is 7.31. The first-order valence-electron chi connectivity index (χ1n) is 8.40. The van der Waals surface area contributed by atoms with Gasteiger partial charge in [0, 0.05) is 0 Å². The summed E-state index contributed by atoms with van der Waals surface area (Å²) in [6.07, 6.45) is -2.48. The maximum absolute atomic E-state index is 12.1. The van der Waals surface area contributed by atoms with Gasteiger partial charge in [0.2, 0.25) is 0 Å². The molecular weight excluding hydrogens is 413 g/mol. The average molecular weight is 429 g/mol. The molecule has 2 saturated heterocycles. The van der Waals surface area contributed by atoms with Crippen molar-refractivity contribution < 1.29 is 42.7 Å². The first-order chi connectivity index (χ1) is 13.7. The fourth-order valence-electron chi connectivity index (χ4n) is 3.15. The lowest BCUT2D eigenvalue weighted by molar-refractivity contribution is -0.160. The summed E-state index contributed by atoms with van der Waals surface area (Å²) in [4.78, 5) is 44.6. The number of nitrogen functional groups attached to an aromatic ring is 1. The molecule has 14 nitrogen and oxygen atoms in total. The van der Waals surface area contributed by atoms with Gasteiger partial charge in [-0.1, -0.05) is 0 Å². The third kappa shape index (κ3) is 3.80. The fraction of sp³-hybridized carbons (Fsp3) is 0.500. The number of aromatic nitrogens is 4. The number of aliphatic carboxylic acids is 1. The Labute approximate surface area is 162 Å².